The molecule has 0 unspecified atom stereocenters. The molecule has 0 saturated heterocycles. The zero-order valence-corrected chi connectivity index (χ0v) is 27.2. The Labute approximate surface area is 281 Å². The molecule has 0 N–H and O–H groups in total. The maximum absolute atomic E-state index is 2.45. The standard InChI is InChI=1S/C48H34/c1-31-24-25-36(30-45(31)46-32(2)37-16-6-7-17-38(37)39-18-8-9-19-40(39)46)48-43-22-12-10-20-41(43)47(42-21-11-13-23-44(42)48)35-28-26-34(27-29-35)33-14-4-3-5-15-33/h3-30H,1-2H3. The first-order valence-corrected chi connectivity index (χ1v) is 16.8. The highest BCUT2D eigenvalue weighted by molar-refractivity contribution is 6.22. The lowest BCUT2D eigenvalue weighted by Crippen LogP contribution is -1.94. The van der Waals surface area contributed by atoms with Crippen LogP contribution < -0.4 is 0 Å². The van der Waals surface area contributed by atoms with Gasteiger partial charge in [0, 0.05) is 0 Å². The molecule has 0 atom stereocenters. The van der Waals surface area contributed by atoms with Gasteiger partial charge in [-0.3, -0.25) is 0 Å². The van der Waals surface area contributed by atoms with Crippen molar-refractivity contribution >= 4 is 43.1 Å². The second-order valence-electron chi connectivity index (χ2n) is 12.9. The number of hydrogen-bond donors (Lipinski definition) is 0. The molecule has 0 aliphatic rings. The summed E-state index contributed by atoms with van der Waals surface area (Å²) >= 11 is 0. The minimum Gasteiger partial charge on any atom is -0.0622 e. The van der Waals surface area contributed by atoms with Crippen LogP contribution in [-0.4, -0.2) is 0 Å². The van der Waals surface area contributed by atoms with Crippen LogP contribution in [0.2, 0.25) is 0 Å². The predicted molar refractivity (Wildman–Crippen MR) is 208 cm³/mol. The van der Waals surface area contributed by atoms with Crippen LogP contribution in [0.3, 0.4) is 0 Å². The molecule has 0 spiro atoms. The molecule has 0 radical (unpaired) electrons. The lowest BCUT2D eigenvalue weighted by atomic mass is 9.83. The first-order valence-electron chi connectivity index (χ1n) is 16.8. The third kappa shape index (κ3) is 4.45. The van der Waals surface area contributed by atoms with Crippen LogP contribution in [0.4, 0.5) is 0 Å². The molecule has 0 aromatic heterocycles. The summed E-state index contributed by atoms with van der Waals surface area (Å²) in [7, 11) is 0. The lowest BCUT2D eigenvalue weighted by Gasteiger charge is -2.20. The Hall–Kier alpha value is -5.98. The summed E-state index contributed by atoms with van der Waals surface area (Å²) in [6.45, 7) is 4.54. The quantitative estimate of drug-likeness (QED) is 0.137. The third-order valence-corrected chi connectivity index (χ3v) is 10.2. The first-order chi connectivity index (χ1) is 23.7. The van der Waals surface area contributed by atoms with Gasteiger partial charge in [0.2, 0.25) is 0 Å². The van der Waals surface area contributed by atoms with Crippen molar-refractivity contribution in [1.82, 2.24) is 0 Å². The predicted octanol–water partition coefficient (Wildman–Crippen LogP) is 13.6. The van der Waals surface area contributed by atoms with Crippen molar-refractivity contribution < 1.29 is 0 Å². The van der Waals surface area contributed by atoms with E-state index in [0.29, 0.717) is 0 Å². The van der Waals surface area contributed by atoms with Crippen LogP contribution in [0.1, 0.15) is 11.1 Å². The van der Waals surface area contributed by atoms with Crippen LogP contribution in [0, 0.1) is 13.8 Å². The number of benzene rings is 9. The van der Waals surface area contributed by atoms with Gasteiger partial charge in [0.25, 0.3) is 0 Å². The second kappa shape index (κ2) is 11.4. The molecule has 0 amide bonds. The van der Waals surface area contributed by atoms with E-state index in [1.54, 1.807) is 0 Å². The minimum absolute atomic E-state index is 1.23. The van der Waals surface area contributed by atoms with Crippen LogP contribution in [0.25, 0.3) is 87.6 Å². The van der Waals surface area contributed by atoms with E-state index in [1.165, 1.54) is 98.7 Å². The van der Waals surface area contributed by atoms with Gasteiger partial charge in [-0.05, 0) is 119 Å². The van der Waals surface area contributed by atoms with Crippen molar-refractivity contribution in [3.63, 3.8) is 0 Å². The summed E-state index contributed by atoms with van der Waals surface area (Å²) in [5, 5.41) is 10.3. The van der Waals surface area contributed by atoms with Gasteiger partial charge in [-0.2, -0.15) is 0 Å². The van der Waals surface area contributed by atoms with Crippen molar-refractivity contribution in [2.24, 2.45) is 0 Å². The molecule has 0 aliphatic carbocycles. The zero-order chi connectivity index (χ0) is 32.2. The van der Waals surface area contributed by atoms with Crippen LogP contribution in [-0.2, 0) is 0 Å². The molecule has 0 nitrogen and oxygen atoms in total. The number of hydrogen-bond acceptors (Lipinski definition) is 0. The van der Waals surface area contributed by atoms with Crippen LogP contribution in [0.15, 0.2) is 170 Å². The number of rotatable bonds is 4. The third-order valence-electron chi connectivity index (χ3n) is 10.2. The molecule has 9 aromatic carbocycles. The summed E-state index contributed by atoms with van der Waals surface area (Å²) in [5.74, 6) is 0. The fraction of sp³-hybridized carbons (Fsp3) is 0.0417. The number of fused-ring (bicyclic) bond motifs is 5. The van der Waals surface area contributed by atoms with Gasteiger partial charge >= 0.3 is 0 Å². The highest BCUT2D eigenvalue weighted by Crippen LogP contribution is 2.46. The Morgan fingerprint density at radius 3 is 1.21 bits per heavy atom. The SMILES string of the molecule is Cc1ccc(-c2c3ccccc3c(-c3ccc(-c4ccccc4)cc3)c3ccccc23)cc1-c1c(C)c2ccccc2c2ccccc12. The van der Waals surface area contributed by atoms with Gasteiger partial charge < -0.3 is 0 Å². The van der Waals surface area contributed by atoms with Crippen molar-refractivity contribution in [1.29, 1.82) is 0 Å². The van der Waals surface area contributed by atoms with Crippen molar-refractivity contribution in [3.05, 3.63) is 181 Å². The van der Waals surface area contributed by atoms with Gasteiger partial charge in [0.1, 0.15) is 0 Å². The molecule has 48 heavy (non-hydrogen) atoms. The summed E-state index contributed by atoms with van der Waals surface area (Å²) in [6, 6.07) is 62.4. The molecule has 0 heterocycles. The fourth-order valence-electron chi connectivity index (χ4n) is 7.92. The average Bonchev–Trinajstić information content (AvgIpc) is 3.15. The average molecular weight is 611 g/mol. The van der Waals surface area contributed by atoms with E-state index < -0.39 is 0 Å². The maximum atomic E-state index is 2.45. The van der Waals surface area contributed by atoms with Gasteiger partial charge in [-0.25, -0.2) is 0 Å². The summed E-state index contributed by atoms with van der Waals surface area (Å²) in [4.78, 5) is 0. The summed E-state index contributed by atoms with van der Waals surface area (Å²) < 4.78 is 0. The maximum Gasteiger partial charge on any atom is -0.00262 e. The van der Waals surface area contributed by atoms with E-state index in [-0.39, 0.29) is 0 Å². The minimum atomic E-state index is 1.23. The molecule has 9 rings (SSSR count). The highest BCUT2D eigenvalue weighted by atomic mass is 14.2. The monoisotopic (exact) mass is 610 g/mol. The molecule has 226 valence electrons. The van der Waals surface area contributed by atoms with Crippen molar-refractivity contribution in [3.8, 4) is 44.5 Å². The van der Waals surface area contributed by atoms with Gasteiger partial charge in [-0.1, -0.05) is 164 Å². The van der Waals surface area contributed by atoms with E-state index in [0.717, 1.165) is 0 Å². The molecular weight excluding hydrogens is 577 g/mol. The summed E-state index contributed by atoms with van der Waals surface area (Å²) in [5.41, 5.74) is 12.7. The van der Waals surface area contributed by atoms with Crippen LogP contribution >= 0.6 is 0 Å². The summed E-state index contributed by atoms with van der Waals surface area (Å²) in [6.07, 6.45) is 0. The van der Waals surface area contributed by atoms with E-state index in [2.05, 4.69) is 184 Å². The second-order valence-corrected chi connectivity index (χ2v) is 12.9. The zero-order valence-electron chi connectivity index (χ0n) is 27.2. The van der Waals surface area contributed by atoms with E-state index in [9.17, 15) is 0 Å². The van der Waals surface area contributed by atoms with E-state index in [4.69, 9.17) is 0 Å². The van der Waals surface area contributed by atoms with Crippen molar-refractivity contribution in [2.45, 2.75) is 13.8 Å². The Morgan fingerprint density at radius 2 is 0.646 bits per heavy atom. The molecule has 0 fully saturated rings. The molecule has 0 bridgehead atoms. The topological polar surface area (TPSA) is 0 Å². The number of aryl methyl sites for hydroxylation is 2. The van der Waals surface area contributed by atoms with Crippen LogP contribution in [0.5, 0.6) is 0 Å². The Balaban J connectivity index is 1.30. The fourth-order valence-corrected chi connectivity index (χ4v) is 7.92. The molecule has 0 heteroatoms. The first kappa shape index (κ1) is 28.3. The Morgan fingerprint density at radius 1 is 0.271 bits per heavy atom. The van der Waals surface area contributed by atoms with Crippen molar-refractivity contribution in [2.75, 3.05) is 0 Å². The van der Waals surface area contributed by atoms with Gasteiger partial charge in [0.05, 0.1) is 0 Å². The van der Waals surface area contributed by atoms with E-state index >= 15 is 0 Å². The molecule has 0 saturated carbocycles. The Bertz CT molecular complexity index is 2600. The molecule has 9 aromatic rings. The smallest absolute Gasteiger partial charge is 0.00262 e. The van der Waals surface area contributed by atoms with Gasteiger partial charge in [-0.15, -0.1) is 0 Å². The van der Waals surface area contributed by atoms with Gasteiger partial charge in [0.15, 0.2) is 0 Å². The normalized spacial score (nSPS) is 11.5. The molecule has 0 aliphatic heterocycles. The largest absolute Gasteiger partial charge is 0.0622 e. The highest BCUT2D eigenvalue weighted by Gasteiger charge is 2.19. The molecular formula is C48H34. The lowest BCUT2D eigenvalue weighted by molar-refractivity contribution is 1.44. The van der Waals surface area contributed by atoms with E-state index in [1.807, 2.05) is 0 Å². The Kier molecular flexibility index (Phi) is 6.69.